The predicted octanol–water partition coefficient (Wildman–Crippen LogP) is 1.04. The smallest absolute Gasteiger partial charge is 0.227 e. The first kappa shape index (κ1) is 12.5. The molecule has 1 aliphatic heterocycles. The summed E-state index contributed by atoms with van der Waals surface area (Å²) < 4.78 is 6.19. The average molecular weight is 299 g/mol. The Bertz CT molecular complexity index is 394. The number of halogens is 1. The predicted molar refractivity (Wildman–Crippen MR) is 68.3 cm³/mol. The highest BCUT2D eigenvalue weighted by Crippen LogP contribution is 2.13. The Morgan fingerprint density at radius 3 is 2.71 bits per heavy atom. The van der Waals surface area contributed by atoms with E-state index in [9.17, 15) is 4.79 Å². The van der Waals surface area contributed by atoms with Gasteiger partial charge >= 0.3 is 0 Å². The van der Waals surface area contributed by atoms with Gasteiger partial charge in [0.05, 0.1) is 19.1 Å². The summed E-state index contributed by atoms with van der Waals surface area (Å²) in [7, 11) is 0. The summed E-state index contributed by atoms with van der Waals surface area (Å²) >= 11 is 3.37. The molecule has 1 aromatic rings. The topological polar surface area (TPSA) is 64.3 Å². The minimum atomic E-state index is -0.217. The molecule has 1 amide bonds. The van der Waals surface area contributed by atoms with E-state index < -0.39 is 0 Å². The lowest BCUT2D eigenvalue weighted by Gasteiger charge is -2.13. The van der Waals surface area contributed by atoms with Gasteiger partial charge in [-0.15, -0.1) is 0 Å². The lowest BCUT2D eigenvalue weighted by molar-refractivity contribution is -0.125. The van der Waals surface area contributed by atoms with Crippen LogP contribution in [0.4, 0.5) is 0 Å². The Kier molecular flexibility index (Phi) is 4.15. The fraction of sp³-hybridized carbons (Fsp3) is 0.417. The van der Waals surface area contributed by atoms with Crippen LogP contribution >= 0.6 is 15.9 Å². The van der Waals surface area contributed by atoms with E-state index in [2.05, 4.69) is 21.2 Å². The molecule has 0 aliphatic carbocycles. The number of carbonyl (C=O) groups excluding carboxylic acids is 1. The molecule has 1 aromatic carbocycles. The number of nitrogens with two attached hydrogens (primary N) is 1. The van der Waals surface area contributed by atoms with Crippen molar-refractivity contribution in [3.63, 3.8) is 0 Å². The second kappa shape index (κ2) is 5.62. The number of carbonyl (C=O) groups is 1. The molecule has 4 nitrogen and oxygen atoms in total. The van der Waals surface area contributed by atoms with Gasteiger partial charge in [0.25, 0.3) is 0 Å². The van der Waals surface area contributed by atoms with E-state index in [4.69, 9.17) is 10.5 Å². The summed E-state index contributed by atoms with van der Waals surface area (Å²) in [6, 6.07) is 7.66. The minimum Gasteiger partial charge on any atom is -0.379 e. The standard InChI is InChI=1S/C12H15BrN2O2/c13-9-3-1-8(2-4-9)5-15-12(16)10-6-17-7-11(10)14/h1-4,10-11H,5-7,14H2,(H,15,16). The summed E-state index contributed by atoms with van der Waals surface area (Å²) in [5.74, 6) is -0.247. The molecule has 0 bridgehead atoms. The number of benzene rings is 1. The Hall–Kier alpha value is -0.910. The molecule has 5 heteroatoms. The summed E-state index contributed by atoms with van der Waals surface area (Å²) in [6.45, 7) is 1.42. The van der Waals surface area contributed by atoms with Crippen LogP contribution in [0.3, 0.4) is 0 Å². The van der Waals surface area contributed by atoms with E-state index in [0.29, 0.717) is 19.8 Å². The van der Waals surface area contributed by atoms with Gasteiger partial charge in [-0.05, 0) is 17.7 Å². The first-order valence-corrected chi connectivity index (χ1v) is 6.31. The van der Waals surface area contributed by atoms with Crippen LogP contribution in [-0.4, -0.2) is 25.2 Å². The van der Waals surface area contributed by atoms with Crippen LogP contribution in [0, 0.1) is 5.92 Å². The Morgan fingerprint density at radius 1 is 1.41 bits per heavy atom. The second-order valence-corrected chi connectivity index (χ2v) is 5.07. The molecule has 0 radical (unpaired) electrons. The van der Waals surface area contributed by atoms with E-state index in [0.717, 1.165) is 10.0 Å². The van der Waals surface area contributed by atoms with Gasteiger partial charge in [0.15, 0.2) is 0 Å². The molecule has 3 N–H and O–H groups in total. The van der Waals surface area contributed by atoms with Crippen LogP contribution in [0.15, 0.2) is 28.7 Å². The highest BCUT2D eigenvalue weighted by Gasteiger charge is 2.30. The van der Waals surface area contributed by atoms with E-state index >= 15 is 0 Å². The molecule has 1 fully saturated rings. The first-order valence-electron chi connectivity index (χ1n) is 5.52. The van der Waals surface area contributed by atoms with Gasteiger partial charge in [-0.25, -0.2) is 0 Å². The number of nitrogens with one attached hydrogen (secondary N) is 1. The van der Waals surface area contributed by atoms with Gasteiger partial charge in [-0.1, -0.05) is 28.1 Å². The third-order valence-electron chi connectivity index (χ3n) is 2.84. The Morgan fingerprint density at radius 2 is 2.12 bits per heavy atom. The third-order valence-corrected chi connectivity index (χ3v) is 3.37. The van der Waals surface area contributed by atoms with Gasteiger partial charge in [0.2, 0.25) is 5.91 Å². The molecule has 17 heavy (non-hydrogen) atoms. The maximum Gasteiger partial charge on any atom is 0.227 e. The highest BCUT2D eigenvalue weighted by molar-refractivity contribution is 9.10. The fourth-order valence-corrected chi connectivity index (χ4v) is 2.03. The molecule has 0 saturated carbocycles. The van der Waals surface area contributed by atoms with Crippen molar-refractivity contribution in [3.05, 3.63) is 34.3 Å². The van der Waals surface area contributed by atoms with Crippen molar-refractivity contribution in [1.82, 2.24) is 5.32 Å². The van der Waals surface area contributed by atoms with E-state index in [1.54, 1.807) is 0 Å². The van der Waals surface area contributed by atoms with Gasteiger partial charge < -0.3 is 15.8 Å². The Labute approximate surface area is 109 Å². The number of hydrogen-bond donors (Lipinski definition) is 2. The van der Waals surface area contributed by atoms with Crippen molar-refractivity contribution in [1.29, 1.82) is 0 Å². The zero-order valence-corrected chi connectivity index (χ0v) is 10.9. The summed E-state index contributed by atoms with van der Waals surface area (Å²) in [5.41, 5.74) is 6.84. The van der Waals surface area contributed by atoms with E-state index in [1.807, 2.05) is 24.3 Å². The summed E-state index contributed by atoms with van der Waals surface area (Å²) in [4.78, 5) is 11.8. The zero-order valence-electron chi connectivity index (χ0n) is 9.36. The number of ether oxygens (including phenoxy) is 1. The van der Waals surface area contributed by atoms with Crippen LogP contribution in [0.2, 0.25) is 0 Å². The van der Waals surface area contributed by atoms with Crippen molar-refractivity contribution in [2.45, 2.75) is 12.6 Å². The van der Waals surface area contributed by atoms with E-state index in [-0.39, 0.29) is 17.9 Å². The second-order valence-electron chi connectivity index (χ2n) is 4.15. The molecule has 2 unspecified atom stereocenters. The molecule has 1 saturated heterocycles. The van der Waals surface area contributed by atoms with Gasteiger partial charge in [0.1, 0.15) is 0 Å². The van der Waals surface area contributed by atoms with Crippen molar-refractivity contribution in [2.24, 2.45) is 11.7 Å². The first-order chi connectivity index (χ1) is 8.16. The van der Waals surface area contributed by atoms with Crippen LogP contribution in [-0.2, 0) is 16.1 Å². The van der Waals surface area contributed by atoms with Crippen molar-refractivity contribution in [2.75, 3.05) is 13.2 Å². The maximum atomic E-state index is 11.8. The lowest BCUT2D eigenvalue weighted by Crippen LogP contribution is -2.40. The third kappa shape index (κ3) is 3.28. The van der Waals surface area contributed by atoms with Gasteiger partial charge in [0, 0.05) is 17.1 Å². The molecule has 1 heterocycles. The van der Waals surface area contributed by atoms with Crippen molar-refractivity contribution in [3.8, 4) is 0 Å². The fourth-order valence-electron chi connectivity index (χ4n) is 1.76. The van der Waals surface area contributed by atoms with E-state index in [1.165, 1.54) is 0 Å². The minimum absolute atomic E-state index is 0.0297. The number of hydrogen-bond acceptors (Lipinski definition) is 3. The number of rotatable bonds is 3. The van der Waals surface area contributed by atoms with Gasteiger partial charge in [-0.3, -0.25) is 4.79 Å². The largest absolute Gasteiger partial charge is 0.379 e. The average Bonchev–Trinajstić information content (AvgIpc) is 2.74. The van der Waals surface area contributed by atoms with Crippen LogP contribution in [0.1, 0.15) is 5.56 Å². The SMILES string of the molecule is NC1COCC1C(=O)NCc1ccc(Br)cc1. The monoisotopic (exact) mass is 298 g/mol. The zero-order chi connectivity index (χ0) is 12.3. The van der Waals surface area contributed by atoms with Crippen molar-refractivity contribution < 1.29 is 9.53 Å². The van der Waals surface area contributed by atoms with Crippen LogP contribution < -0.4 is 11.1 Å². The molecule has 2 rings (SSSR count). The molecule has 0 spiro atoms. The quantitative estimate of drug-likeness (QED) is 0.876. The lowest BCUT2D eigenvalue weighted by atomic mass is 10.0. The Balaban J connectivity index is 1.85. The maximum absolute atomic E-state index is 11.8. The molecular formula is C12H15BrN2O2. The molecule has 92 valence electrons. The summed E-state index contributed by atoms with van der Waals surface area (Å²) in [6.07, 6.45) is 0. The summed E-state index contributed by atoms with van der Waals surface area (Å²) in [5, 5.41) is 2.88. The highest BCUT2D eigenvalue weighted by atomic mass is 79.9. The normalized spacial score (nSPS) is 23.6. The van der Waals surface area contributed by atoms with Gasteiger partial charge in [-0.2, -0.15) is 0 Å². The molecule has 2 atom stereocenters. The molecule has 1 aliphatic rings. The van der Waals surface area contributed by atoms with Crippen LogP contribution in [0.5, 0.6) is 0 Å². The van der Waals surface area contributed by atoms with Crippen LogP contribution in [0.25, 0.3) is 0 Å². The number of amides is 1. The molecule has 0 aromatic heterocycles. The molecular weight excluding hydrogens is 284 g/mol. The van der Waals surface area contributed by atoms with Crippen molar-refractivity contribution >= 4 is 21.8 Å².